The van der Waals surface area contributed by atoms with E-state index >= 15 is 0 Å². The molecule has 0 aromatic rings. The Morgan fingerprint density at radius 1 is 1.33 bits per heavy atom. The molecule has 0 fully saturated rings. The van der Waals surface area contributed by atoms with Gasteiger partial charge in [-0.15, -0.1) is 0 Å². The van der Waals surface area contributed by atoms with Gasteiger partial charge in [0, 0.05) is 20.4 Å². The van der Waals surface area contributed by atoms with Crippen LogP contribution in [0.5, 0.6) is 0 Å². The number of carbonyl (C=O) groups excluding carboxylic acids is 1. The van der Waals surface area contributed by atoms with Crippen molar-refractivity contribution in [1.82, 2.24) is 0 Å². The Balaban J connectivity index is -0.0000000450. The van der Waals surface area contributed by atoms with Crippen LogP contribution in [0.2, 0.25) is 0 Å². The van der Waals surface area contributed by atoms with E-state index < -0.39 is 6.16 Å². The molecule has 0 aliphatic rings. The van der Waals surface area contributed by atoms with E-state index in [4.69, 9.17) is 15.0 Å². The molecule has 0 rings (SSSR count). The van der Waals surface area contributed by atoms with Gasteiger partial charge in [0.25, 0.3) is 0 Å². The van der Waals surface area contributed by atoms with E-state index in [1.807, 2.05) is 0 Å². The van der Waals surface area contributed by atoms with Crippen molar-refractivity contribution in [1.29, 1.82) is 0 Å². The topological polar surface area (TPSA) is 63.2 Å². The van der Waals surface area contributed by atoms with Crippen molar-refractivity contribution in [3.05, 3.63) is 0 Å². The van der Waals surface area contributed by atoms with Gasteiger partial charge in [-0.1, -0.05) is 0 Å². The minimum atomic E-state index is -2.33. The molecular weight excluding hydrogens is 304 g/mol. The molecule has 3 nitrogen and oxygen atoms in total. The number of rotatable bonds is 0. The summed E-state index contributed by atoms with van der Waals surface area (Å²) in [6.07, 6.45) is -2.33. The fourth-order valence-corrected chi connectivity index (χ4v) is 0. The molecule has 34 valence electrons. The molecular formula is CBaO3Pd. The molecule has 0 unspecified atom stereocenters. The van der Waals surface area contributed by atoms with E-state index in [9.17, 15) is 0 Å². The van der Waals surface area contributed by atoms with Crippen molar-refractivity contribution < 1.29 is 35.4 Å². The van der Waals surface area contributed by atoms with Crippen LogP contribution in [0.15, 0.2) is 0 Å². The first kappa shape index (κ1) is 15.6. The van der Waals surface area contributed by atoms with E-state index in [0.717, 1.165) is 0 Å². The normalized spacial score (nSPS) is 4.00. The summed E-state index contributed by atoms with van der Waals surface area (Å²) in [4.78, 5) is 8.33. The fourth-order valence-electron chi connectivity index (χ4n) is 0. The molecule has 0 heterocycles. The molecule has 0 saturated heterocycles. The van der Waals surface area contributed by atoms with Crippen LogP contribution in [0.3, 0.4) is 0 Å². The fraction of sp³-hybridized carbons (Fsp3) is 0. The predicted molar refractivity (Wildman–Crippen MR) is 11.1 cm³/mol. The standard InChI is InChI=1S/CH2O3.Ba.Pd/c2-1(3)4;;/h(H2,2,3,4);;/q;+2;/p-2. The summed E-state index contributed by atoms with van der Waals surface area (Å²) in [6.45, 7) is 0. The average molecular weight is 304 g/mol. The molecule has 6 heavy (non-hydrogen) atoms. The van der Waals surface area contributed by atoms with Crippen molar-refractivity contribution in [3.8, 4) is 0 Å². The molecule has 0 atom stereocenters. The maximum atomic E-state index is 8.33. The quantitative estimate of drug-likeness (QED) is 0.453. The molecule has 0 aromatic heterocycles. The molecule has 0 saturated carbocycles. The van der Waals surface area contributed by atoms with Gasteiger partial charge < -0.3 is 15.0 Å². The molecule has 0 aliphatic heterocycles. The molecule has 0 aliphatic carbocycles. The summed E-state index contributed by atoms with van der Waals surface area (Å²) in [5.74, 6) is 0. The minimum Gasteiger partial charge on any atom is -0.652 e. The molecule has 0 radical (unpaired) electrons. The van der Waals surface area contributed by atoms with Crippen molar-refractivity contribution >= 4 is 55.0 Å². The number of carboxylic acid groups (broad SMARTS) is 2. The van der Waals surface area contributed by atoms with Crippen LogP contribution < -0.4 is 10.2 Å². The first-order valence-electron chi connectivity index (χ1n) is 0.612. The summed E-state index contributed by atoms with van der Waals surface area (Å²) >= 11 is 0. The van der Waals surface area contributed by atoms with Crippen molar-refractivity contribution in [2.75, 3.05) is 0 Å². The zero-order valence-corrected chi connectivity index (χ0v) is 8.74. The first-order valence-corrected chi connectivity index (χ1v) is 0.612. The van der Waals surface area contributed by atoms with Crippen LogP contribution in [0.1, 0.15) is 0 Å². The van der Waals surface area contributed by atoms with Gasteiger partial charge in [0.1, 0.15) is 0 Å². The zero-order valence-electron chi connectivity index (χ0n) is 2.75. The van der Waals surface area contributed by atoms with Gasteiger partial charge in [0.05, 0.1) is 0 Å². The summed E-state index contributed by atoms with van der Waals surface area (Å²) in [7, 11) is 0. The summed E-state index contributed by atoms with van der Waals surface area (Å²) in [5.41, 5.74) is 0. The van der Waals surface area contributed by atoms with Crippen LogP contribution in [0.4, 0.5) is 4.79 Å². The second kappa shape index (κ2) is 9.71. The molecule has 0 spiro atoms. The molecule has 0 aromatic carbocycles. The third-order valence-corrected chi connectivity index (χ3v) is 0. The van der Waals surface area contributed by atoms with Crippen LogP contribution in [-0.2, 0) is 20.4 Å². The Morgan fingerprint density at radius 2 is 1.33 bits per heavy atom. The Bertz CT molecular complexity index is 33.8. The number of carbonyl (C=O) groups is 1. The van der Waals surface area contributed by atoms with Crippen LogP contribution in [-0.4, -0.2) is 55.0 Å². The van der Waals surface area contributed by atoms with E-state index in [-0.39, 0.29) is 69.3 Å². The zero-order chi connectivity index (χ0) is 3.58. The van der Waals surface area contributed by atoms with Gasteiger partial charge in [-0.25, -0.2) is 0 Å². The van der Waals surface area contributed by atoms with Crippen molar-refractivity contribution in [2.45, 2.75) is 0 Å². The average Bonchev–Trinajstić information content (AvgIpc) is 0.811. The largest absolute Gasteiger partial charge is 2.00 e. The van der Waals surface area contributed by atoms with Gasteiger partial charge in [0.15, 0.2) is 0 Å². The Kier molecular flexibility index (Phi) is 25.3. The van der Waals surface area contributed by atoms with Crippen LogP contribution in [0.25, 0.3) is 0 Å². The number of hydrogen-bond acceptors (Lipinski definition) is 3. The van der Waals surface area contributed by atoms with Crippen LogP contribution in [0, 0.1) is 0 Å². The van der Waals surface area contributed by atoms with Gasteiger partial charge in [-0.3, -0.25) is 0 Å². The Morgan fingerprint density at radius 3 is 1.33 bits per heavy atom. The predicted octanol–water partition coefficient (Wildman–Crippen LogP) is -2.83. The summed E-state index contributed by atoms with van der Waals surface area (Å²) < 4.78 is 0. The maximum absolute atomic E-state index is 8.33. The van der Waals surface area contributed by atoms with Gasteiger partial charge in [-0.05, 0) is 6.16 Å². The molecule has 0 N–H and O–H groups in total. The van der Waals surface area contributed by atoms with Gasteiger partial charge in [0.2, 0.25) is 0 Å². The number of hydrogen-bond donors (Lipinski definition) is 0. The maximum Gasteiger partial charge on any atom is 2.00 e. The van der Waals surface area contributed by atoms with Crippen LogP contribution >= 0.6 is 0 Å². The third kappa shape index (κ3) is 49.4. The van der Waals surface area contributed by atoms with E-state index in [0.29, 0.717) is 0 Å². The smallest absolute Gasteiger partial charge is 0.652 e. The molecule has 5 heteroatoms. The summed E-state index contributed by atoms with van der Waals surface area (Å²) in [5, 5.41) is 16.7. The Hall–Kier alpha value is 1.50. The summed E-state index contributed by atoms with van der Waals surface area (Å²) in [6, 6.07) is 0. The van der Waals surface area contributed by atoms with Crippen molar-refractivity contribution in [3.63, 3.8) is 0 Å². The SMILES string of the molecule is O=C([O-])[O-].[Ba+2].[Pd]. The second-order valence-electron chi connectivity index (χ2n) is 0.250. The monoisotopic (exact) mass is 304 g/mol. The minimum absolute atomic E-state index is 0. The molecule has 0 amide bonds. The third-order valence-electron chi connectivity index (χ3n) is 0. The first-order chi connectivity index (χ1) is 1.73. The Labute approximate surface area is 88.8 Å². The second-order valence-corrected chi connectivity index (χ2v) is 0.250. The molecule has 0 bridgehead atoms. The van der Waals surface area contributed by atoms with E-state index in [2.05, 4.69) is 0 Å². The van der Waals surface area contributed by atoms with Gasteiger partial charge >= 0.3 is 48.9 Å². The van der Waals surface area contributed by atoms with E-state index in [1.54, 1.807) is 0 Å². The van der Waals surface area contributed by atoms with Crippen molar-refractivity contribution in [2.24, 2.45) is 0 Å². The van der Waals surface area contributed by atoms with Gasteiger partial charge in [-0.2, -0.15) is 0 Å². The van der Waals surface area contributed by atoms with E-state index in [1.165, 1.54) is 0 Å².